The van der Waals surface area contributed by atoms with Gasteiger partial charge in [0.25, 0.3) is 0 Å². The molecule has 20 heavy (non-hydrogen) atoms. The van der Waals surface area contributed by atoms with Crippen molar-refractivity contribution in [2.75, 3.05) is 12.8 Å². The Kier molecular flexibility index (Phi) is 6.56. The normalized spacial score (nSPS) is 13.1. The zero-order chi connectivity index (χ0) is 15.2. The first-order valence-corrected chi connectivity index (χ1v) is 8.35. The number of carbonyl (C=O) groups is 1. The number of amides is 1. The van der Waals surface area contributed by atoms with Gasteiger partial charge in [-0.2, -0.15) is 11.8 Å². The van der Waals surface area contributed by atoms with E-state index in [9.17, 15) is 4.79 Å². The number of rotatable bonds is 7. The van der Waals surface area contributed by atoms with Gasteiger partial charge in [0.1, 0.15) is 6.04 Å². The summed E-state index contributed by atoms with van der Waals surface area (Å²) in [6, 6.07) is 7.20. The van der Waals surface area contributed by atoms with E-state index in [4.69, 9.17) is 5.73 Å². The van der Waals surface area contributed by atoms with Gasteiger partial charge in [-0.1, -0.05) is 43.7 Å². The molecule has 1 atom stereocenters. The summed E-state index contributed by atoms with van der Waals surface area (Å²) in [5.41, 5.74) is 8.05. The van der Waals surface area contributed by atoms with E-state index in [1.54, 1.807) is 0 Å². The molecule has 0 spiro atoms. The third kappa shape index (κ3) is 4.25. The maximum atomic E-state index is 12.2. The summed E-state index contributed by atoms with van der Waals surface area (Å²) in [5.74, 6) is -0.103. The SMILES string of the molecule is CCC(CC)(CNC(=O)C(N)c1ccc(C)cc1)SC. The molecule has 1 amide bonds. The second-order valence-corrected chi connectivity index (χ2v) is 6.47. The molecule has 4 heteroatoms. The highest BCUT2D eigenvalue weighted by Gasteiger charge is 2.26. The van der Waals surface area contributed by atoms with Crippen molar-refractivity contribution in [2.24, 2.45) is 5.73 Å². The molecule has 0 bridgehead atoms. The van der Waals surface area contributed by atoms with Crippen LogP contribution in [0.2, 0.25) is 0 Å². The summed E-state index contributed by atoms with van der Waals surface area (Å²) in [6.45, 7) is 7.00. The van der Waals surface area contributed by atoms with E-state index in [0.717, 1.165) is 18.4 Å². The van der Waals surface area contributed by atoms with E-state index in [1.165, 1.54) is 5.56 Å². The summed E-state index contributed by atoms with van der Waals surface area (Å²) >= 11 is 1.81. The quantitative estimate of drug-likeness (QED) is 0.812. The van der Waals surface area contributed by atoms with Crippen LogP contribution < -0.4 is 11.1 Å². The zero-order valence-electron chi connectivity index (χ0n) is 12.9. The van der Waals surface area contributed by atoms with E-state index in [-0.39, 0.29) is 10.7 Å². The molecule has 0 aliphatic carbocycles. The van der Waals surface area contributed by atoms with Crippen molar-refractivity contribution in [3.8, 4) is 0 Å². The number of aryl methyl sites for hydroxylation is 1. The molecule has 0 radical (unpaired) electrons. The molecule has 0 saturated carbocycles. The number of thioether (sulfide) groups is 1. The van der Waals surface area contributed by atoms with Gasteiger partial charge in [0.05, 0.1) is 0 Å². The first-order chi connectivity index (χ1) is 9.48. The largest absolute Gasteiger partial charge is 0.353 e. The zero-order valence-corrected chi connectivity index (χ0v) is 13.7. The minimum atomic E-state index is -0.594. The van der Waals surface area contributed by atoms with Crippen LogP contribution >= 0.6 is 11.8 Å². The molecule has 1 aromatic carbocycles. The van der Waals surface area contributed by atoms with E-state index in [0.29, 0.717) is 6.54 Å². The van der Waals surface area contributed by atoms with Crippen LogP contribution in [0.5, 0.6) is 0 Å². The van der Waals surface area contributed by atoms with Crippen LogP contribution in [-0.4, -0.2) is 23.5 Å². The van der Waals surface area contributed by atoms with E-state index >= 15 is 0 Å². The summed E-state index contributed by atoms with van der Waals surface area (Å²) in [4.78, 5) is 12.2. The molecule has 3 N–H and O–H groups in total. The van der Waals surface area contributed by atoms with Crippen LogP contribution in [0, 0.1) is 6.92 Å². The summed E-state index contributed by atoms with van der Waals surface area (Å²) < 4.78 is 0.114. The molecule has 0 fully saturated rings. The average molecular weight is 294 g/mol. The molecule has 0 aliphatic rings. The highest BCUT2D eigenvalue weighted by Crippen LogP contribution is 2.29. The van der Waals surface area contributed by atoms with Crippen LogP contribution in [0.25, 0.3) is 0 Å². The van der Waals surface area contributed by atoms with Gasteiger partial charge in [0.15, 0.2) is 0 Å². The van der Waals surface area contributed by atoms with Gasteiger partial charge in [-0.05, 0) is 31.6 Å². The molecule has 0 aliphatic heterocycles. The highest BCUT2D eigenvalue weighted by molar-refractivity contribution is 8.00. The fourth-order valence-electron chi connectivity index (χ4n) is 2.14. The van der Waals surface area contributed by atoms with Gasteiger partial charge in [-0.25, -0.2) is 0 Å². The lowest BCUT2D eigenvalue weighted by atomic mass is 10.0. The summed E-state index contributed by atoms with van der Waals surface area (Å²) in [6.07, 6.45) is 4.16. The Bertz CT molecular complexity index is 418. The number of benzene rings is 1. The smallest absolute Gasteiger partial charge is 0.241 e. The third-order valence-corrected chi connectivity index (χ3v) is 5.61. The lowest BCUT2D eigenvalue weighted by Gasteiger charge is -2.30. The monoisotopic (exact) mass is 294 g/mol. The molecular weight excluding hydrogens is 268 g/mol. The molecule has 0 aromatic heterocycles. The van der Waals surface area contributed by atoms with Gasteiger partial charge in [0, 0.05) is 11.3 Å². The molecule has 0 saturated heterocycles. The van der Waals surface area contributed by atoms with Crippen LogP contribution in [0.3, 0.4) is 0 Å². The van der Waals surface area contributed by atoms with Gasteiger partial charge in [-0.3, -0.25) is 4.79 Å². The third-order valence-electron chi connectivity index (χ3n) is 4.03. The minimum absolute atomic E-state index is 0.103. The molecule has 3 nitrogen and oxygen atoms in total. The second-order valence-electron chi connectivity index (χ2n) is 5.20. The number of hydrogen-bond donors (Lipinski definition) is 2. The van der Waals surface area contributed by atoms with Gasteiger partial charge >= 0.3 is 0 Å². The Labute approximate surface area is 126 Å². The second kappa shape index (κ2) is 7.70. The van der Waals surface area contributed by atoms with Crippen molar-refractivity contribution in [3.05, 3.63) is 35.4 Å². The first kappa shape index (κ1) is 17.1. The first-order valence-electron chi connectivity index (χ1n) is 7.13. The molecule has 1 unspecified atom stereocenters. The summed E-state index contributed by atoms with van der Waals surface area (Å²) in [7, 11) is 0. The standard InChI is InChI=1S/C16H26N2OS/c1-5-16(6-2,20-4)11-18-15(19)14(17)13-9-7-12(3)8-10-13/h7-10,14H,5-6,11,17H2,1-4H3,(H,18,19). The minimum Gasteiger partial charge on any atom is -0.353 e. The highest BCUT2D eigenvalue weighted by atomic mass is 32.2. The summed E-state index contributed by atoms with van der Waals surface area (Å²) in [5, 5.41) is 3.00. The Balaban J connectivity index is 2.64. The lowest BCUT2D eigenvalue weighted by molar-refractivity contribution is -0.122. The van der Waals surface area contributed by atoms with Crippen molar-refractivity contribution in [2.45, 2.75) is 44.4 Å². The molecule has 112 valence electrons. The van der Waals surface area contributed by atoms with Crippen LogP contribution in [0.15, 0.2) is 24.3 Å². The van der Waals surface area contributed by atoms with E-state index in [1.807, 2.05) is 43.0 Å². The maximum Gasteiger partial charge on any atom is 0.241 e. The van der Waals surface area contributed by atoms with Gasteiger partial charge in [0.2, 0.25) is 5.91 Å². The fraction of sp³-hybridized carbons (Fsp3) is 0.562. The van der Waals surface area contributed by atoms with Crippen molar-refractivity contribution >= 4 is 17.7 Å². The van der Waals surface area contributed by atoms with Crippen molar-refractivity contribution in [1.82, 2.24) is 5.32 Å². The van der Waals surface area contributed by atoms with Crippen molar-refractivity contribution < 1.29 is 4.79 Å². The predicted octanol–water partition coefficient (Wildman–Crippen LogP) is 3.03. The van der Waals surface area contributed by atoms with Crippen LogP contribution in [0.1, 0.15) is 43.9 Å². The molecule has 1 rings (SSSR count). The number of hydrogen-bond acceptors (Lipinski definition) is 3. The fourth-order valence-corrected chi connectivity index (χ4v) is 2.94. The van der Waals surface area contributed by atoms with Gasteiger partial charge < -0.3 is 11.1 Å². The number of carbonyl (C=O) groups excluding carboxylic acids is 1. The maximum absolute atomic E-state index is 12.2. The molecule has 1 aromatic rings. The van der Waals surface area contributed by atoms with Crippen molar-refractivity contribution in [3.63, 3.8) is 0 Å². The van der Waals surface area contributed by atoms with E-state index in [2.05, 4.69) is 25.4 Å². The average Bonchev–Trinajstić information content (AvgIpc) is 2.49. The lowest BCUT2D eigenvalue weighted by Crippen LogP contribution is -2.43. The number of nitrogens with two attached hydrogens (primary N) is 1. The topological polar surface area (TPSA) is 55.1 Å². The Morgan fingerprint density at radius 3 is 2.30 bits per heavy atom. The Hall–Kier alpha value is -1.00. The van der Waals surface area contributed by atoms with E-state index < -0.39 is 6.04 Å². The van der Waals surface area contributed by atoms with Crippen LogP contribution in [0.4, 0.5) is 0 Å². The Morgan fingerprint density at radius 2 is 1.85 bits per heavy atom. The van der Waals surface area contributed by atoms with Gasteiger partial charge in [-0.15, -0.1) is 0 Å². The number of nitrogens with one attached hydrogen (secondary N) is 1. The van der Waals surface area contributed by atoms with Crippen LogP contribution in [-0.2, 0) is 4.79 Å². The molecular formula is C16H26N2OS. The molecule has 0 heterocycles. The Morgan fingerprint density at radius 1 is 1.30 bits per heavy atom. The predicted molar refractivity (Wildman–Crippen MR) is 87.9 cm³/mol. The van der Waals surface area contributed by atoms with Crippen molar-refractivity contribution in [1.29, 1.82) is 0 Å².